The number of ether oxygens (including phenoxy) is 1. The van der Waals surface area contributed by atoms with E-state index in [1.165, 1.54) is 11.5 Å². The van der Waals surface area contributed by atoms with Gasteiger partial charge in [0.15, 0.2) is 5.82 Å². The van der Waals surface area contributed by atoms with Crippen molar-refractivity contribution in [2.24, 2.45) is 7.05 Å². The van der Waals surface area contributed by atoms with Crippen LogP contribution in [0.4, 0.5) is 16.8 Å². The lowest BCUT2D eigenvalue weighted by Gasteiger charge is -2.28. The molecule has 162 valence electrons. The fraction of sp³-hybridized carbons (Fsp3) is 0.429. The van der Waals surface area contributed by atoms with E-state index in [2.05, 4.69) is 24.7 Å². The first-order valence-corrected chi connectivity index (χ1v) is 11.2. The second kappa shape index (κ2) is 8.27. The lowest BCUT2D eigenvalue weighted by atomic mass is 9.93. The Morgan fingerprint density at radius 1 is 1.19 bits per heavy atom. The number of aromatic nitrogens is 6. The van der Waals surface area contributed by atoms with E-state index in [0.29, 0.717) is 18.1 Å². The average molecular weight is 439 g/mol. The number of nitrogens with one attached hydrogen (secondary N) is 2. The van der Waals surface area contributed by atoms with E-state index in [4.69, 9.17) is 14.7 Å². The minimum absolute atomic E-state index is 0.347. The molecular formula is C21H26N8OS. The van der Waals surface area contributed by atoms with Gasteiger partial charge in [-0.15, -0.1) is 0 Å². The van der Waals surface area contributed by atoms with E-state index in [9.17, 15) is 0 Å². The zero-order valence-electron chi connectivity index (χ0n) is 17.9. The maximum atomic E-state index is 5.53. The average Bonchev–Trinajstić information content (AvgIpc) is 3.48. The van der Waals surface area contributed by atoms with Crippen molar-refractivity contribution in [2.45, 2.75) is 44.8 Å². The van der Waals surface area contributed by atoms with Gasteiger partial charge in [-0.3, -0.25) is 4.68 Å². The summed E-state index contributed by atoms with van der Waals surface area (Å²) >= 11 is 1.41. The Hall–Kier alpha value is -2.98. The number of aryl methyl sites for hydroxylation is 2. The molecule has 4 heterocycles. The molecule has 1 saturated carbocycles. The molecule has 0 saturated heterocycles. The Bertz CT molecular complexity index is 1190. The normalized spacial score (nSPS) is 19.1. The predicted octanol–water partition coefficient (Wildman–Crippen LogP) is 4.03. The molecule has 0 aliphatic heterocycles. The number of hydrogen-bond donors (Lipinski definition) is 2. The van der Waals surface area contributed by atoms with Crippen molar-refractivity contribution in [2.75, 3.05) is 17.7 Å². The summed E-state index contributed by atoms with van der Waals surface area (Å²) in [4.78, 5) is 9.63. The molecule has 0 aromatic carbocycles. The molecule has 0 unspecified atom stereocenters. The number of rotatable bonds is 6. The number of hydrogen-bond acceptors (Lipinski definition) is 8. The van der Waals surface area contributed by atoms with E-state index in [1.54, 1.807) is 11.8 Å². The third-order valence-electron chi connectivity index (χ3n) is 5.71. The molecule has 1 aliphatic carbocycles. The second-order valence-electron chi connectivity index (χ2n) is 8.00. The van der Waals surface area contributed by atoms with Gasteiger partial charge in [0.1, 0.15) is 10.5 Å². The Kier molecular flexibility index (Phi) is 5.33. The summed E-state index contributed by atoms with van der Waals surface area (Å²) in [6, 6.07) is 4.36. The minimum atomic E-state index is 0.347. The Morgan fingerprint density at radius 3 is 2.71 bits per heavy atom. The maximum absolute atomic E-state index is 5.53. The van der Waals surface area contributed by atoms with Crippen LogP contribution >= 0.6 is 11.5 Å². The smallest absolute Gasteiger partial charge is 0.230 e. The van der Waals surface area contributed by atoms with Crippen molar-refractivity contribution in [1.82, 2.24) is 28.7 Å². The van der Waals surface area contributed by atoms with Crippen molar-refractivity contribution >= 4 is 39.3 Å². The van der Waals surface area contributed by atoms with Crippen LogP contribution in [0.15, 0.2) is 30.7 Å². The largest absolute Gasteiger partial charge is 0.381 e. The van der Waals surface area contributed by atoms with Gasteiger partial charge in [-0.05, 0) is 56.3 Å². The van der Waals surface area contributed by atoms with E-state index < -0.39 is 0 Å². The predicted molar refractivity (Wildman–Crippen MR) is 122 cm³/mol. The zero-order chi connectivity index (χ0) is 21.4. The summed E-state index contributed by atoms with van der Waals surface area (Å²) in [5, 5.41) is 12.3. The Balaban J connectivity index is 1.52. The summed E-state index contributed by atoms with van der Waals surface area (Å²) in [5.41, 5.74) is 3.78. The number of nitrogens with zero attached hydrogens (tertiary/aromatic N) is 6. The highest BCUT2D eigenvalue weighted by Crippen LogP contribution is 2.31. The van der Waals surface area contributed by atoms with Crippen LogP contribution in [0.1, 0.15) is 31.4 Å². The quantitative estimate of drug-likeness (QED) is 0.469. The van der Waals surface area contributed by atoms with Gasteiger partial charge in [0.25, 0.3) is 0 Å². The molecule has 4 aromatic rings. The summed E-state index contributed by atoms with van der Waals surface area (Å²) in [5.74, 6) is 1.39. The van der Waals surface area contributed by atoms with Crippen molar-refractivity contribution in [3.63, 3.8) is 0 Å². The van der Waals surface area contributed by atoms with Gasteiger partial charge in [-0.25, -0.2) is 4.98 Å². The number of fused-ring (bicyclic) bond motifs is 1. The van der Waals surface area contributed by atoms with Gasteiger partial charge in [-0.1, -0.05) is 0 Å². The van der Waals surface area contributed by atoms with Crippen molar-refractivity contribution < 1.29 is 4.74 Å². The molecule has 0 bridgehead atoms. The second-order valence-corrected chi connectivity index (χ2v) is 8.80. The van der Waals surface area contributed by atoms with Gasteiger partial charge < -0.3 is 19.9 Å². The van der Waals surface area contributed by atoms with Crippen LogP contribution in [-0.2, 0) is 11.8 Å². The topological polar surface area (TPSA) is 94.7 Å². The van der Waals surface area contributed by atoms with Crippen LogP contribution in [0.3, 0.4) is 0 Å². The molecule has 0 atom stereocenters. The monoisotopic (exact) mass is 438 g/mol. The van der Waals surface area contributed by atoms with Crippen molar-refractivity contribution in [3.05, 3.63) is 36.4 Å². The lowest BCUT2D eigenvalue weighted by Crippen LogP contribution is -2.29. The molecule has 31 heavy (non-hydrogen) atoms. The van der Waals surface area contributed by atoms with Gasteiger partial charge in [0.2, 0.25) is 5.95 Å². The molecule has 10 heteroatoms. The molecular weight excluding hydrogens is 412 g/mol. The molecule has 1 fully saturated rings. The van der Waals surface area contributed by atoms with E-state index in [1.807, 2.05) is 44.7 Å². The van der Waals surface area contributed by atoms with Crippen molar-refractivity contribution in [3.8, 4) is 5.69 Å². The highest BCUT2D eigenvalue weighted by molar-refractivity contribution is 7.10. The first-order valence-electron chi connectivity index (χ1n) is 10.5. The standard InChI is InChI=1S/C21H26N8OS/c1-13-10-18(31-27-13)25-21-24-17-8-9-29(15-11-22-28(2)12-15)19(17)20(26-21)23-14-4-6-16(30-3)7-5-14/h8-12,14,16H,4-7H2,1-3H3,(H2,23,24,25,26). The van der Waals surface area contributed by atoms with Crippen LogP contribution in [0.2, 0.25) is 0 Å². The van der Waals surface area contributed by atoms with Gasteiger partial charge in [-0.2, -0.15) is 14.5 Å². The SMILES string of the molecule is COC1CCC(Nc2nc(Nc3cc(C)ns3)nc3ccn(-c4cnn(C)c4)c23)CC1. The summed E-state index contributed by atoms with van der Waals surface area (Å²) in [6.45, 7) is 1.98. The van der Waals surface area contributed by atoms with Crippen LogP contribution in [0.25, 0.3) is 16.7 Å². The molecule has 2 N–H and O–H groups in total. The van der Waals surface area contributed by atoms with E-state index in [0.717, 1.165) is 58.9 Å². The fourth-order valence-corrected chi connectivity index (χ4v) is 4.77. The van der Waals surface area contributed by atoms with E-state index in [-0.39, 0.29) is 0 Å². The molecule has 5 rings (SSSR count). The summed E-state index contributed by atoms with van der Waals surface area (Å²) in [7, 11) is 3.71. The van der Waals surface area contributed by atoms with Gasteiger partial charge in [0.05, 0.1) is 29.2 Å². The zero-order valence-corrected chi connectivity index (χ0v) is 18.7. The van der Waals surface area contributed by atoms with Crippen LogP contribution in [0, 0.1) is 6.92 Å². The molecule has 1 aliphatic rings. The first kappa shape index (κ1) is 20.0. The third kappa shape index (κ3) is 4.13. The maximum Gasteiger partial charge on any atom is 0.230 e. The molecule has 9 nitrogen and oxygen atoms in total. The molecule has 0 radical (unpaired) electrons. The van der Waals surface area contributed by atoms with Crippen LogP contribution in [-0.4, -0.2) is 47.9 Å². The fourth-order valence-electron chi connectivity index (χ4n) is 4.12. The lowest BCUT2D eigenvalue weighted by molar-refractivity contribution is 0.0681. The third-order valence-corrected chi connectivity index (χ3v) is 6.51. The van der Waals surface area contributed by atoms with E-state index >= 15 is 0 Å². The highest BCUT2D eigenvalue weighted by Gasteiger charge is 2.23. The Labute approximate surface area is 184 Å². The van der Waals surface area contributed by atoms with Crippen LogP contribution in [0.5, 0.6) is 0 Å². The Morgan fingerprint density at radius 2 is 2.03 bits per heavy atom. The first-order chi connectivity index (χ1) is 15.1. The summed E-state index contributed by atoms with van der Waals surface area (Å²) < 4.78 is 13.8. The van der Waals surface area contributed by atoms with Crippen molar-refractivity contribution in [1.29, 1.82) is 0 Å². The molecule has 0 spiro atoms. The summed E-state index contributed by atoms with van der Waals surface area (Å²) in [6.07, 6.45) is 10.4. The molecule has 0 amide bonds. The van der Waals surface area contributed by atoms with Gasteiger partial charge in [0, 0.05) is 32.6 Å². The number of anilines is 3. The highest BCUT2D eigenvalue weighted by atomic mass is 32.1. The minimum Gasteiger partial charge on any atom is -0.381 e. The van der Waals surface area contributed by atoms with Gasteiger partial charge >= 0.3 is 0 Å². The van der Waals surface area contributed by atoms with Crippen LogP contribution < -0.4 is 10.6 Å². The number of methoxy groups -OCH3 is 1. The molecule has 4 aromatic heterocycles.